The summed E-state index contributed by atoms with van der Waals surface area (Å²) < 4.78 is 0. The Morgan fingerprint density at radius 2 is 1.61 bits per heavy atom. The third-order valence-corrected chi connectivity index (χ3v) is 6.13. The van der Waals surface area contributed by atoms with Crippen molar-refractivity contribution in [3.05, 3.63) is 29.8 Å². The van der Waals surface area contributed by atoms with E-state index in [1.54, 1.807) is 12.1 Å². The van der Waals surface area contributed by atoms with Gasteiger partial charge in [-0.3, -0.25) is 4.79 Å². The molecule has 4 nitrogen and oxygen atoms in total. The zero-order valence-corrected chi connectivity index (χ0v) is 13.6. The van der Waals surface area contributed by atoms with E-state index >= 15 is 0 Å². The molecule has 1 aromatic carbocycles. The number of benzene rings is 1. The van der Waals surface area contributed by atoms with E-state index in [4.69, 9.17) is 0 Å². The molecule has 0 saturated heterocycles. The van der Waals surface area contributed by atoms with Crippen molar-refractivity contribution in [3.8, 4) is 5.75 Å². The highest BCUT2D eigenvalue weighted by Crippen LogP contribution is 2.60. The van der Waals surface area contributed by atoms with E-state index in [1.165, 1.54) is 19.3 Å². The average Bonchev–Trinajstić information content (AvgIpc) is 2.51. The molecule has 122 valence electrons. The third-order valence-electron chi connectivity index (χ3n) is 6.13. The minimum absolute atomic E-state index is 0.120. The van der Waals surface area contributed by atoms with Gasteiger partial charge in [-0.15, -0.1) is 0 Å². The molecule has 4 aliphatic carbocycles. The zero-order chi connectivity index (χ0) is 16.0. The van der Waals surface area contributed by atoms with Crippen molar-refractivity contribution in [3.63, 3.8) is 0 Å². The van der Waals surface area contributed by atoms with Gasteiger partial charge in [-0.25, -0.2) is 5.43 Å². The van der Waals surface area contributed by atoms with Crippen LogP contribution in [-0.4, -0.2) is 16.7 Å². The molecule has 0 aromatic heterocycles. The van der Waals surface area contributed by atoms with Crippen LogP contribution < -0.4 is 5.43 Å². The van der Waals surface area contributed by atoms with E-state index < -0.39 is 0 Å². The number of rotatable bonds is 3. The summed E-state index contributed by atoms with van der Waals surface area (Å²) in [6.07, 6.45) is 7.17. The number of nitrogens with zero attached hydrogens (tertiary/aromatic N) is 1. The Labute approximate surface area is 137 Å². The number of hydrogen-bond acceptors (Lipinski definition) is 3. The quantitative estimate of drug-likeness (QED) is 0.663. The van der Waals surface area contributed by atoms with Crippen molar-refractivity contribution in [2.24, 2.45) is 28.3 Å². The fourth-order valence-corrected chi connectivity index (χ4v) is 5.41. The molecule has 0 unspecified atom stereocenters. The normalized spacial score (nSPS) is 35.3. The van der Waals surface area contributed by atoms with Gasteiger partial charge in [0.1, 0.15) is 5.75 Å². The molecule has 4 bridgehead atoms. The average molecular weight is 312 g/mol. The number of phenols is 1. The van der Waals surface area contributed by atoms with Crippen molar-refractivity contribution < 1.29 is 9.90 Å². The molecule has 5 rings (SSSR count). The van der Waals surface area contributed by atoms with Gasteiger partial charge in [0.15, 0.2) is 0 Å². The second-order valence-electron chi connectivity index (χ2n) is 7.88. The predicted octanol–water partition coefficient (Wildman–Crippen LogP) is 3.45. The Morgan fingerprint density at radius 3 is 2.13 bits per heavy atom. The maximum absolute atomic E-state index is 12.8. The van der Waals surface area contributed by atoms with Crippen molar-refractivity contribution in [2.45, 2.75) is 45.4 Å². The molecule has 4 saturated carbocycles. The van der Waals surface area contributed by atoms with Crippen LogP contribution in [0.3, 0.4) is 0 Å². The molecule has 0 atom stereocenters. The molecule has 0 radical (unpaired) electrons. The van der Waals surface area contributed by atoms with E-state index in [0.717, 1.165) is 48.3 Å². The highest BCUT2D eigenvalue weighted by molar-refractivity contribution is 5.99. The second-order valence-corrected chi connectivity index (χ2v) is 7.88. The van der Waals surface area contributed by atoms with E-state index in [-0.39, 0.29) is 17.1 Å². The SMILES string of the molecule is C/C(=N\NC(=O)C12CC3CC(CC(C3)C1)C2)c1ccc(O)cc1. The first-order valence-electron chi connectivity index (χ1n) is 8.68. The molecule has 1 aromatic rings. The van der Waals surface area contributed by atoms with Crippen LogP contribution in [0, 0.1) is 23.2 Å². The van der Waals surface area contributed by atoms with Gasteiger partial charge >= 0.3 is 0 Å². The van der Waals surface area contributed by atoms with Crippen LogP contribution in [0.4, 0.5) is 0 Å². The Balaban J connectivity index is 1.47. The summed E-state index contributed by atoms with van der Waals surface area (Å²) in [5.41, 5.74) is 4.36. The fourth-order valence-electron chi connectivity index (χ4n) is 5.41. The number of nitrogens with one attached hydrogen (secondary N) is 1. The first-order valence-corrected chi connectivity index (χ1v) is 8.68. The number of amides is 1. The Morgan fingerprint density at radius 1 is 1.09 bits per heavy atom. The number of phenolic OH excluding ortho intramolecular Hbond substituents is 1. The van der Waals surface area contributed by atoms with Gasteiger partial charge in [-0.05, 0) is 93.0 Å². The fraction of sp³-hybridized carbons (Fsp3) is 0.579. The monoisotopic (exact) mass is 312 g/mol. The summed E-state index contributed by atoms with van der Waals surface area (Å²) in [5.74, 6) is 2.63. The van der Waals surface area contributed by atoms with Gasteiger partial charge in [-0.2, -0.15) is 5.10 Å². The third kappa shape index (κ3) is 2.64. The molecule has 4 fully saturated rings. The maximum atomic E-state index is 12.8. The topological polar surface area (TPSA) is 61.7 Å². The molecule has 2 N–H and O–H groups in total. The minimum Gasteiger partial charge on any atom is -0.508 e. The van der Waals surface area contributed by atoms with E-state index in [9.17, 15) is 9.90 Å². The van der Waals surface area contributed by atoms with E-state index in [1.807, 2.05) is 19.1 Å². The van der Waals surface area contributed by atoms with Crippen LogP contribution in [0.2, 0.25) is 0 Å². The highest BCUT2D eigenvalue weighted by Gasteiger charge is 2.54. The van der Waals surface area contributed by atoms with Crippen molar-refractivity contribution >= 4 is 11.6 Å². The smallest absolute Gasteiger partial charge is 0.246 e. The lowest BCUT2D eigenvalue weighted by atomic mass is 9.49. The number of hydrazone groups is 1. The van der Waals surface area contributed by atoms with E-state index in [0.29, 0.717) is 0 Å². The van der Waals surface area contributed by atoms with Gasteiger partial charge < -0.3 is 5.11 Å². The van der Waals surface area contributed by atoms with E-state index in [2.05, 4.69) is 10.5 Å². The summed E-state index contributed by atoms with van der Waals surface area (Å²) >= 11 is 0. The Kier molecular flexibility index (Phi) is 3.43. The molecule has 4 aliphatic rings. The molecule has 1 amide bonds. The lowest BCUT2D eigenvalue weighted by Crippen LogP contribution is -2.52. The lowest BCUT2D eigenvalue weighted by Gasteiger charge is -2.55. The standard InChI is InChI=1S/C19H24N2O2/c1-12(16-2-4-17(22)5-3-16)20-21-18(23)19-9-13-6-14(10-19)8-15(7-13)11-19/h2-5,13-15,22H,6-11H2,1H3,(H,21,23)/b20-12+. The van der Waals surface area contributed by atoms with Crippen LogP contribution in [-0.2, 0) is 4.79 Å². The van der Waals surface area contributed by atoms with Crippen molar-refractivity contribution in [1.29, 1.82) is 0 Å². The first-order chi connectivity index (χ1) is 11.0. The molecule has 4 heteroatoms. The summed E-state index contributed by atoms with van der Waals surface area (Å²) in [4.78, 5) is 12.8. The summed E-state index contributed by atoms with van der Waals surface area (Å²) in [6, 6.07) is 6.89. The van der Waals surface area contributed by atoms with Crippen molar-refractivity contribution in [2.75, 3.05) is 0 Å². The van der Waals surface area contributed by atoms with Gasteiger partial charge in [0.2, 0.25) is 5.91 Å². The van der Waals surface area contributed by atoms with Crippen LogP contribution in [0.1, 0.15) is 51.0 Å². The molecule has 0 heterocycles. The number of carbonyl (C=O) groups is 1. The van der Waals surface area contributed by atoms with Crippen molar-refractivity contribution in [1.82, 2.24) is 5.43 Å². The molecular formula is C19H24N2O2. The van der Waals surface area contributed by atoms with Gasteiger partial charge in [-0.1, -0.05) is 0 Å². The largest absolute Gasteiger partial charge is 0.508 e. The highest BCUT2D eigenvalue weighted by atomic mass is 16.3. The van der Waals surface area contributed by atoms with Gasteiger partial charge in [0.25, 0.3) is 0 Å². The predicted molar refractivity (Wildman–Crippen MR) is 89.1 cm³/mol. The lowest BCUT2D eigenvalue weighted by molar-refractivity contribution is -0.146. The first kappa shape index (κ1) is 14.7. The van der Waals surface area contributed by atoms with Crippen LogP contribution in [0.5, 0.6) is 5.75 Å². The number of hydrogen-bond donors (Lipinski definition) is 2. The molecule has 0 spiro atoms. The Bertz CT molecular complexity index is 613. The van der Waals surface area contributed by atoms with Gasteiger partial charge in [0, 0.05) is 0 Å². The van der Waals surface area contributed by atoms with Gasteiger partial charge in [0.05, 0.1) is 11.1 Å². The van der Waals surface area contributed by atoms with Crippen LogP contribution in [0.25, 0.3) is 0 Å². The second kappa shape index (κ2) is 5.36. The minimum atomic E-state index is -0.159. The molecular weight excluding hydrogens is 288 g/mol. The maximum Gasteiger partial charge on any atom is 0.246 e. The molecule has 0 aliphatic heterocycles. The number of aromatic hydroxyl groups is 1. The Hall–Kier alpha value is -1.84. The van der Waals surface area contributed by atoms with Crippen LogP contribution in [0.15, 0.2) is 29.4 Å². The summed E-state index contributed by atoms with van der Waals surface area (Å²) in [5, 5.41) is 13.7. The zero-order valence-electron chi connectivity index (χ0n) is 13.6. The van der Waals surface area contributed by atoms with Crippen LogP contribution >= 0.6 is 0 Å². The summed E-state index contributed by atoms with van der Waals surface area (Å²) in [6.45, 7) is 1.88. The number of carbonyl (C=O) groups excluding carboxylic acids is 1. The summed E-state index contributed by atoms with van der Waals surface area (Å²) in [7, 11) is 0. The molecule has 23 heavy (non-hydrogen) atoms.